The van der Waals surface area contributed by atoms with Gasteiger partial charge in [-0.15, -0.1) is 0 Å². The van der Waals surface area contributed by atoms with Crippen molar-refractivity contribution in [2.75, 3.05) is 6.61 Å². The number of halogens is 1. The second-order valence-electron chi connectivity index (χ2n) is 4.79. The first-order valence-corrected chi connectivity index (χ1v) is 6.80. The molecule has 0 unspecified atom stereocenters. The van der Waals surface area contributed by atoms with E-state index in [0.717, 1.165) is 23.3 Å². The van der Waals surface area contributed by atoms with Crippen molar-refractivity contribution >= 4 is 11.9 Å². The Morgan fingerprint density at radius 3 is 2.45 bits per heavy atom. The van der Waals surface area contributed by atoms with E-state index in [-0.39, 0.29) is 12.2 Å². The highest BCUT2D eigenvalue weighted by Gasteiger charge is 2.10. The Balaban J connectivity index is 1.79. The standard InChI is InChI=1S/C17H16FNO3/c1-12-4-2-3-5-14(12)10-19-16(20)11-22-17(21)13-6-8-15(18)9-7-13/h2-9H,10-11H2,1H3,(H,19,20). The summed E-state index contributed by atoms with van der Waals surface area (Å²) in [6, 6.07) is 12.6. The van der Waals surface area contributed by atoms with Gasteiger partial charge in [0, 0.05) is 6.54 Å². The highest BCUT2D eigenvalue weighted by molar-refractivity contribution is 5.91. The van der Waals surface area contributed by atoms with E-state index in [9.17, 15) is 14.0 Å². The summed E-state index contributed by atoms with van der Waals surface area (Å²) in [5.74, 6) is -1.49. The molecule has 0 atom stereocenters. The van der Waals surface area contributed by atoms with Crippen LogP contribution in [0.1, 0.15) is 21.5 Å². The monoisotopic (exact) mass is 301 g/mol. The number of ether oxygens (including phenoxy) is 1. The Bertz CT molecular complexity index is 668. The van der Waals surface area contributed by atoms with Gasteiger partial charge in [0.25, 0.3) is 5.91 Å². The van der Waals surface area contributed by atoms with Crippen LogP contribution in [0.2, 0.25) is 0 Å². The number of nitrogens with one attached hydrogen (secondary N) is 1. The summed E-state index contributed by atoms with van der Waals surface area (Å²) in [5.41, 5.74) is 2.28. The molecule has 5 heteroatoms. The molecule has 0 bridgehead atoms. The summed E-state index contributed by atoms with van der Waals surface area (Å²) in [4.78, 5) is 23.3. The van der Waals surface area contributed by atoms with Gasteiger partial charge in [-0.05, 0) is 42.3 Å². The van der Waals surface area contributed by atoms with Crippen molar-refractivity contribution in [2.45, 2.75) is 13.5 Å². The summed E-state index contributed by atoms with van der Waals surface area (Å²) >= 11 is 0. The van der Waals surface area contributed by atoms with Crippen molar-refractivity contribution < 1.29 is 18.7 Å². The van der Waals surface area contributed by atoms with Crippen LogP contribution in [-0.2, 0) is 16.1 Å². The average Bonchev–Trinajstić information content (AvgIpc) is 2.52. The molecule has 0 aromatic heterocycles. The number of hydrogen-bond donors (Lipinski definition) is 1. The Morgan fingerprint density at radius 2 is 1.77 bits per heavy atom. The van der Waals surface area contributed by atoms with E-state index in [2.05, 4.69) is 5.32 Å². The van der Waals surface area contributed by atoms with Gasteiger partial charge in [-0.1, -0.05) is 24.3 Å². The fourth-order valence-corrected chi connectivity index (χ4v) is 1.85. The van der Waals surface area contributed by atoms with E-state index < -0.39 is 17.7 Å². The number of aryl methyl sites for hydroxylation is 1. The molecular formula is C17H16FNO3. The molecule has 4 nitrogen and oxygen atoms in total. The molecule has 1 amide bonds. The topological polar surface area (TPSA) is 55.4 Å². The molecular weight excluding hydrogens is 285 g/mol. The van der Waals surface area contributed by atoms with Crippen LogP contribution in [0.25, 0.3) is 0 Å². The Kier molecular flexibility index (Phi) is 5.25. The highest BCUT2D eigenvalue weighted by atomic mass is 19.1. The third kappa shape index (κ3) is 4.41. The van der Waals surface area contributed by atoms with E-state index in [4.69, 9.17) is 4.74 Å². The molecule has 2 aromatic rings. The van der Waals surface area contributed by atoms with Crippen molar-refractivity contribution in [3.8, 4) is 0 Å². The third-order valence-corrected chi connectivity index (χ3v) is 3.15. The van der Waals surface area contributed by atoms with Gasteiger partial charge < -0.3 is 10.1 Å². The second-order valence-corrected chi connectivity index (χ2v) is 4.79. The van der Waals surface area contributed by atoms with Crippen LogP contribution in [0, 0.1) is 12.7 Å². The number of rotatable bonds is 5. The molecule has 22 heavy (non-hydrogen) atoms. The van der Waals surface area contributed by atoms with Crippen molar-refractivity contribution in [3.05, 3.63) is 71.0 Å². The van der Waals surface area contributed by atoms with Gasteiger partial charge in [0.05, 0.1) is 5.56 Å². The number of esters is 1. The first kappa shape index (κ1) is 15.7. The zero-order valence-corrected chi connectivity index (χ0v) is 12.1. The number of amides is 1. The maximum absolute atomic E-state index is 12.7. The van der Waals surface area contributed by atoms with Gasteiger partial charge in [0.1, 0.15) is 5.82 Å². The zero-order chi connectivity index (χ0) is 15.9. The molecule has 0 saturated carbocycles. The first-order chi connectivity index (χ1) is 10.6. The summed E-state index contributed by atoms with van der Waals surface area (Å²) < 4.78 is 17.6. The molecule has 0 heterocycles. The van der Waals surface area contributed by atoms with Gasteiger partial charge in [-0.2, -0.15) is 0 Å². The molecule has 0 spiro atoms. The lowest BCUT2D eigenvalue weighted by Crippen LogP contribution is -2.28. The van der Waals surface area contributed by atoms with Crippen molar-refractivity contribution in [1.29, 1.82) is 0 Å². The molecule has 0 saturated heterocycles. The minimum absolute atomic E-state index is 0.202. The van der Waals surface area contributed by atoms with E-state index in [1.54, 1.807) is 0 Å². The summed E-state index contributed by atoms with van der Waals surface area (Å²) in [5, 5.41) is 2.68. The molecule has 1 N–H and O–H groups in total. The van der Waals surface area contributed by atoms with E-state index in [1.165, 1.54) is 12.1 Å². The molecule has 0 aliphatic rings. The maximum atomic E-state index is 12.7. The molecule has 0 aliphatic carbocycles. The SMILES string of the molecule is Cc1ccccc1CNC(=O)COC(=O)c1ccc(F)cc1. The second kappa shape index (κ2) is 7.36. The summed E-state index contributed by atoms with van der Waals surface area (Å²) in [7, 11) is 0. The van der Waals surface area contributed by atoms with Gasteiger partial charge >= 0.3 is 5.97 Å². The maximum Gasteiger partial charge on any atom is 0.338 e. The first-order valence-electron chi connectivity index (χ1n) is 6.80. The van der Waals surface area contributed by atoms with Crippen LogP contribution in [0.15, 0.2) is 48.5 Å². The van der Waals surface area contributed by atoms with Crippen molar-refractivity contribution in [2.24, 2.45) is 0 Å². The fraction of sp³-hybridized carbons (Fsp3) is 0.176. The number of benzene rings is 2. The van der Waals surface area contributed by atoms with E-state index in [1.807, 2.05) is 31.2 Å². The van der Waals surface area contributed by atoms with Crippen LogP contribution < -0.4 is 5.32 Å². The fourth-order valence-electron chi connectivity index (χ4n) is 1.85. The lowest BCUT2D eigenvalue weighted by atomic mass is 10.1. The highest BCUT2D eigenvalue weighted by Crippen LogP contribution is 2.06. The number of carbonyl (C=O) groups is 2. The Labute approximate surface area is 127 Å². The third-order valence-electron chi connectivity index (χ3n) is 3.15. The van der Waals surface area contributed by atoms with Crippen LogP contribution in [0.5, 0.6) is 0 Å². The molecule has 0 radical (unpaired) electrons. The van der Waals surface area contributed by atoms with Gasteiger partial charge in [0.2, 0.25) is 0 Å². The Morgan fingerprint density at radius 1 is 1.09 bits per heavy atom. The van der Waals surface area contributed by atoms with E-state index >= 15 is 0 Å². The average molecular weight is 301 g/mol. The Hall–Kier alpha value is -2.69. The van der Waals surface area contributed by atoms with Crippen LogP contribution in [-0.4, -0.2) is 18.5 Å². The van der Waals surface area contributed by atoms with Gasteiger partial charge in [-0.3, -0.25) is 4.79 Å². The van der Waals surface area contributed by atoms with Gasteiger partial charge in [-0.25, -0.2) is 9.18 Å². The van der Waals surface area contributed by atoms with Gasteiger partial charge in [0.15, 0.2) is 6.61 Å². The van der Waals surface area contributed by atoms with Crippen LogP contribution >= 0.6 is 0 Å². The van der Waals surface area contributed by atoms with E-state index in [0.29, 0.717) is 6.54 Å². The quantitative estimate of drug-likeness (QED) is 0.864. The van der Waals surface area contributed by atoms with Crippen molar-refractivity contribution in [3.63, 3.8) is 0 Å². The zero-order valence-electron chi connectivity index (χ0n) is 12.1. The summed E-state index contributed by atoms with van der Waals surface area (Å²) in [6.45, 7) is 1.96. The predicted octanol–water partition coefficient (Wildman–Crippen LogP) is 2.61. The minimum atomic E-state index is -0.661. The lowest BCUT2D eigenvalue weighted by molar-refractivity contribution is -0.124. The number of hydrogen-bond acceptors (Lipinski definition) is 3. The molecule has 0 aliphatic heterocycles. The predicted molar refractivity (Wildman–Crippen MR) is 79.7 cm³/mol. The minimum Gasteiger partial charge on any atom is -0.452 e. The molecule has 0 fully saturated rings. The number of carbonyl (C=O) groups excluding carboxylic acids is 2. The normalized spacial score (nSPS) is 10.1. The molecule has 2 rings (SSSR count). The largest absolute Gasteiger partial charge is 0.452 e. The van der Waals surface area contributed by atoms with Crippen LogP contribution in [0.4, 0.5) is 4.39 Å². The molecule has 2 aromatic carbocycles. The van der Waals surface area contributed by atoms with Crippen molar-refractivity contribution in [1.82, 2.24) is 5.32 Å². The molecule has 114 valence electrons. The lowest BCUT2D eigenvalue weighted by Gasteiger charge is -2.08. The van der Waals surface area contributed by atoms with Crippen LogP contribution in [0.3, 0.4) is 0 Å². The smallest absolute Gasteiger partial charge is 0.338 e. The summed E-state index contributed by atoms with van der Waals surface area (Å²) in [6.07, 6.45) is 0.